The number of ether oxygens (including phenoxy) is 1. The average Bonchev–Trinajstić information content (AvgIpc) is 2.85. The lowest BCUT2D eigenvalue weighted by molar-refractivity contribution is -0.125. The van der Waals surface area contributed by atoms with E-state index in [1.807, 2.05) is 0 Å². The molecule has 0 aromatic heterocycles. The molecule has 0 aliphatic carbocycles. The van der Waals surface area contributed by atoms with Crippen molar-refractivity contribution in [2.45, 2.75) is 45.4 Å². The van der Waals surface area contributed by atoms with E-state index >= 15 is 0 Å². The van der Waals surface area contributed by atoms with Gasteiger partial charge in [-0.3, -0.25) is 4.79 Å². The number of rotatable bonds is 6. The van der Waals surface area contributed by atoms with Gasteiger partial charge in [0, 0.05) is 55.1 Å². The molecular weight excluding hydrogens is 436 g/mol. The lowest BCUT2D eigenvalue weighted by Gasteiger charge is -2.33. The smallest absolute Gasteiger partial charge is 0.229 e. The molecule has 2 unspecified atom stereocenters. The first-order valence-corrected chi connectivity index (χ1v) is 12.8. The summed E-state index contributed by atoms with van der Waals surface area (Å²) in [4.78, 5) is 19.9. The summed E-state index contributed by atoms with van der Waals surface area (Å²) in [6.45, 7) is 9.81. The second kappa shape index (κ2) is 11.5. The average molecular weight is 473 g/mol. The molecule has 2 N–H and O–H groups in total. The minimum absolute atomic E-state index is 0.0111. The number of carbonyl (C=O) groups excluding carboxylic acids is 1. The molecule has 6 nitrogen and oxygen atoms in total. The number of aliphatic imine (C=N–C) groups is 1. The fourth-order valence-electron chi connectivity index (χ4n) is 5.16. The first-order chi connectivity index (χ1) is 16.0. The van der Waals surface area contributed by atoms with E-state index in [9.17, 15) is 4.79 Å². The number of halogens is 1. The van der Waals surface area contributed by atoms with Crippen LogP contribution in [0.25, 0.3) is 0 Å². The van der Waals surface area contributed by atoms with Crippen LogP contribution < -0.4 is 10.6 Å². The molecule has 1 aromatic carbocycles. The van der Waals surface area contributed by atoms with Crippen molar-refractivity contribution < 1.29 is 9.53 Å². The van der Waals surface area contributed by atoms with Gasteiger partial charge in [0.05, 0.1) is 5.92 Å². The molecule has 33 heavy (non-hydrogen) atoms. The zero-order valence-electron chi connectivity index (χ0n) is 19.9. The highest BCUT2D eigenvalue weighted by atomic mass is 35.5. The van der Waals surface area contributed by atoms with E-state index in [4.69, 9.17) is 16.3 Å². The molecular formula is C26H37ClN4O2. The Kier molecular flexibility index (Phi) is 8.45. The Morgan fingerprint density at radius 2 is 2.09 bits per heavy atom. The number of hydrogen-bond donors (Lipinski definition) is 2. The van der Waals surface area contributed by atoms with E-state index in [2.05, 4.69) is 58.6 Å². The summed E-state index contributed by atoms with van der Waals surface area (Å²) in [5, 5.41) is 7.44. The summed E-state index contributed by atoms with van der Waals surface area (Å²) in [7, 11) is 0. The van der Waals surface area contributed by atoms with E-state index in [0.717, 1.165) is 76.3 Å². The number of amidine groups is 1. The van der Waals surface area contributed by atoms with Crippen LogP contribution in [0.1, 0.15) is 51.0 Å². The van der Waals surface area contributed by atoms with Gasteiger partial charge in [-0.1, -0.05) is 37.6 Å². The zero-order chi connectivity index (χ0) is 23.2. The topological polar surface area (TPSA) is 66.0 Å². The van der Waals surface area contributed by atoms with E-state index in [1.165, 1.54) is 0 Å². The third-order valence-electron chi connectivity index (χ3n) is 7.31. The molecule has 0 bridgehead atoms. The lowest BCUT2D eigenvalue weighted by atomic mass is 9.84. The fraction of sp³-hybridized carbons (Fsp3) is 0.615. The SMILES string of the molecule is CCN1CCC[C@H](C(=O)NC2=NC=C(Cl)C(c3cccc(NCC4CCOCC4)c3)C2C)C1. The van der Waals surface area contributed by atoms with Crippen LogP contribution in [0.15, 0.2) is 40.5 Å². The van der Waals surface area contributed by atoms with Gasteiger partial charge in [0.1, 0.15) is 5.84 Å². The molecule has 0 radical (unpaired) electrons. The van der Waals surface area contributed by atoms with Crippen LogP contribution in [-0.2, 0) is 9.53 Å². The maximum atomic E-state index is 13.0. The molecule has 4 rings (SSSR count). The van der Waals surface area contributed by atoms with Gasteiger partial charge in [-0.05, 0) is 62.4 Å². The van der Waals surface area contributed by atoms with Crippen LogP contribution in [0.5, 0.6) is 0 Å². The Labute approximate surface area is 202 Å². The fourth-order valence-corrected chi connectivity index (χ4v) is 5.52. The summed E-state index contributed by atoms with van der Waals surface area (Å²) >= 11 is 6.65. The minimum atomic E-state index is -0.0252. The monoisotopic (exact) mass is 472 g/mol. The number of nitrogens with one attached hydrogen (secondary N) is 2. The van der Waals surface area contributed by atoms with Crippen LogP contribution in [0.4, 0.5) is 5.69 Å². The summed E-state index contributed by atoms with van der Waals surface area (Å²) in [5.74, 6) is 1.42. The van der Waals surface area contributed by atoms with E-state index in [0.29, 0.717) is 16.8 Å². The van der Waals surface area contributed by atoms with Gasteiger partial charge < -0.3 is 20.3 Å². The van der Waals surface area contributed by atoms with Crippen molar-refractivity contribution in [1.82, 2.24) is 10.2 Å². The quantitative estimate of drug-likeness (QED) is 0.635. The summed E-state index contributed by atoms with van der Waals surface area (Å²) in [6.07, 6.45) is 5.92. The largest absolute Gasteiger partial charge is 0.385 e. The van der Waals surface area contributed by atoms with Crippen LogP contribution in [0.3, 0.4) is 0 Å². The number of anilines is 1. The molecule has 2 saturated heterocycles. The second-order valence-electron chi connectivity index (χ2n) is 9.58. The molecule has 0 saturated carbocycles. The zero-order valence-corrected chi connectivity index (χ0v) is 20.6. The molecule has 3 aliphatic heterocycles. The van der Waals surface area contributed by atoms with E-state index < -0.39 is 0 Å². The Morgan fingerprint density at radius 3 is 2.88 bits per heavy atom. The highest BCUT2D eigenvalue weighted by Gasteiger charge is 2.32. The Hall–Kier alpha value is -1.89. The second-order valence-corrected chi connectivity index (χ2v) is 10.0. The summed E-state index contributed by atoms with van der Waals surface area (Å²) in [6, 6.07) is 8.47. The van der Waals surface area contributed by atoms with Crippen molar-refractivity contribution >= 4 is 29.0 Å². The van der Waals surface area contributed by atoms with Crippen LogP contribution in [0, 0.1) is 17.8 Å². The number of allylic oxidation sites excluding steroid dienone is 1. The molecule has 3 atom stereocenters. The normalized spacial score (nSPS) is 26.9. The third-order valence-corrected chi connectivity index (χ3v) is 7.64. The number of nitrogens with zero attached hydrogens (tertiary/aromatic N) is 2. The van der Waals surface area contributed by atoms with Gasteiger partial charge in [-0.15, -0.1) is 0 Å². The van der Waals surface area contributed by atoms with Crippen molar-refractivity contribution in [2.24, 2.45) is 22.7 Å². The van der Waals surface area contributed by atoms with Gasteiger partial charge in [0.25, 0.3) is 0 Å². The van der Waals surface area contributed by atoms with Crippen molar-refractivity contribution in [3.05, 3.63) is 41.1 Å². The maximum Gasteiger partial charge on any atom is 0.229 e. The number of amides is 1. The number of hydrogen-bond acceptors (Lipinski definition) is 5. The maximum absolute atomic E-state index is 13.0. The van der Waals surface area contributed by atoms with Crippen LogP contribution in [-0.4, -0.2) is 56.0 Å². The Bertz CT molecular complexity index is 881. The van der Waals surface area contributed by atoms with Gasteiger partial charge in [0.2, 0.25) is 5.91 Å². The van der Waals surface area contributed by atoms with Crippen molar-refractivity contribution in [3.8, 4) is 0 Å². The lowest BCUT2D eigenvalue weighted by Crippen LogP contribution is -2.46. The predicted octanol–water partition coefficient (Wildman–Crippen LogP) is 4.59. The predicted molar refractivity (Wildman–Crippen MR) is 135 cm³/mol. The molecule has 7 heteroatoms. The summed E-state index contributed by atoms with van der Waals surface area (Å²) < 4.78 is 5.47. The number of likely N-dealkylation sites (tertiary alicyclic amines) is 1. The highest BCUT2D eigenvalue weighted by molar-refractivity contribution is 6.31. The Morgan fingerprint density at radius 1 is 1.27 bits per heavy atom. The minimum Gasteiger partial charge on any atom is -0.385 e. The van der Waals surface area contributed by atoms with Gasteiger partial charge in [0.15, 0.2) is 0 Å². The molecule has 3 aliphatic rings. The van der Waals surface area contributed by atoms with Crippen LogP contribution >= 0.6 is 11.6 Å². The third kappa shape index (κ3) is 6.17. The van der Waals surface area contributed by atoms with Crippen LogP contribution in [0.2, 0.25) is 0 Å². The number of benzene rings is 1. The van der Waals surface area contributed by atoms with Gasteiger partial charge in [-0.25, -0.2) is 4.99 Å². The molecule has 180 valence electrons. The van der Waals surface area contributed by atoms with E-state index in [-0.39, 0.29) is 23.7 Å². The van der Waals surface area contributed by atoms with Crippen molar-refractivity contribution in [2.75, 3.05) is 44.7 Å². The Balaban J connectivity index is 1.41. The molecule has 1 amide bonds. The molecule has 0 spiro atoms. The first-order valence-electron chi connectivity index (χ1n) is 12.4. The van der Waals surface area contributed by atoms with Gasteiger partial charge >= 0.3 is 0 Å². The molecule has 1 aromatic rings. The first kappa shape index (κ1) is 24.2. The van der Waals surface area contributed by atoms with Crippen molar-refractivity contribution in [1.29, 1.82) is 0 Å². The van der Waals surface area contributed by atoms with Crippen molar-refractivity contribution in [3.63, 3.8) is 0 Å². The van der Waals surface area contributed by atoms with E-state index in [1.54, 1.807) is 6.20 Å². The standard InChI is InChI=1S/C26H37ClN4O2/c1-3-31-11-5-7-21(17-31)26(32)30-25-18(2)24(23(27)16-29-25)20-6-4-8-22(14-20)28-15-19-9-12-33-13-10-19/h4,6,8,14,16,18-19,21,24,28H,3,5,7,9-13,15,17H2,1-2H3,(H,29,30,32)/t18?,21-,24?/m0/s1. The van der Waals surface area contributed by atoms with Gasteiger partial charge in [-0.2, -0.15) is 0 Å². The number of carbonyl (C=O) groups is 1. The molecule has 2 fully saturated rings. The number of piperidine rings is 1. The highest BCUT2D eigenvalue weighted by Crippen LogP contribution is 2.38. The summed E-state index contributed by atoms with van der Waals surface area (Å²) in [5.41, 5.74) is 2.24. The molecule has 3 heterocycles.